The molecule has 0 N–H and O–H groups in total. The Balaban J connectivity index is 1.83. The van der Waals surface area contributed by atoms with Crippen molar-refractivity contribution < 1.29 is 14.3 Å². The number of para-hydroxylation sites is 1. The van der Waals surface area contributed by atoms with E-state index in [0.717, 1.165) is 28.8 Å². The summed E-state index contributed by atoms with van der Waals surface area (Å²) in [5.41, 5.74) is 5.01. The fourth-order valence-corrected chi connectivity index (χ4v) is 3.93. The summed E-state index contributed by atoms with van der Waals surface area (Å²) in [6.45, 7) is 6.63. The molecule has 0 aromatic heterocycles. The first kappa shape index (κ1) is 22.3. The molecule has 168 valence electrons. The van der Waals surface area contributed by atoms with E-state index in [0.29, 0.717) is 29.3 Å². The number of benzene rings is 3. The number of amides is 2. The number of nitrogens with zero attached hydrogens (tertiary/aromatic N) is 2. The van der Waals surface area contributed by atoms with Crippen LogP contribution in [-0.2, 0) is 9.59 Å². The highest BCUT2D eigenvalue weighted by Crippen LogP contribution is 2.37. The summed E-state index contributed by atoms with van der Waals surface area (Å²) in [5.74, 6) is -0.0616. The van der Waals surface area contributed by atoms with Gasteiger partial charge in [0.25, 0.3) is 11.8 Å². The summed E-state index contributed by atoms with van der Waals surface area (Å²) in [6, 6.07) is 22.6. The number of hydrogen-bond donors (Lipinski definition) is 0. The van der Waals surface area contributed by atoms with E-state index >= 15 is 0 Å². The molecule has 3 aromatic rings. The van der Waals surface area contributed by atoms with Gasteiger partial charge in [-0.15, -0.1) is 0 Å². The average molecular weight is 441 g/mol. The lowest BCUT2D eigenvalue weighted by Crippen LogP contribution is -2.34. The Morgan fingerprint density at radius 2 is 1.61 bits per heavy atom. The van der Waals surface area contributed by atoms with E-state index in [-0.39, 0.29) is 11.8 Å². The van der Waals surface area contributed by atoms with E-state index < -0.39 is 0 Å². The normalized spacial score (nSPS) is 13.6. The van der Waals surface area contributed by atoms with Gasteiger partial charge in [0.05, 0.1) is 17.9 Å². The zero-order chi connectivity index (χ0) is 23.5. The van der Waals surface area contributed by atoms with Gasteiger partial charge in [-0.1, -0.05) is 49.4 Å². The van der Waals surface area contributed by atoms with E-state index in [1.165, 1.54) is 4.90 Å². The lowest BCUT2D eigenvalue weighted by molar-refractivity contribution is -0.120. The molecule has 0 radical (unpaired) electrons. The van der Waals surface area contributed by atoms with E-state index in [1.54, 1.807) is 23.1 Å². The maximum Gasteiger partial charge on any atom is 0.282 e. The van der Waals surface area contributed by atoms with Gasteiger partial charge < -0.3 is 9.64 Å². The predicted octanol–water partition coefficient (Wildman–Crippen LogP) is 5.51. The summed E-state index contributed by atoms with van der Waals surface area (Å²) >= 11 is 0. The van der Waals surface area contributed by atoms with Crippen molar-refractivity contribution in [3.63, 3.8) is 0 Å². The number of carbonyl (C=O) groups excluding carboxylic acids is 2. The van der Waals surface area contributed by atoms with Crippen LogP contribution in [0.3, 0.4) is 0 Å². The molecule has 0 bridgehead atoms. The molecule has 0 atom stereocenters. The standard InChI is InChI=1S/C28H28N2O3/c1-5-16-33-24-13-9-12-23(18-24)30-27(31)25(21-15-14-19(2)20(3)17-21)26(28(30)32)29(4)22-10-7-6-8-11-22/h6-15,17-18H,5,16H2,1-4H3. The molecule has 0 saturated heterocycles. The highest BCUT2D eigenvalue weighted by molar-refractivity contribution is 6.46. The van der Waals surface area contributed by atoms with Gasteiger partial charge in [-0.25, -0.2) is 4.90 Å². The second-order valence-electron chi connectivity index (χ2n) is 8.21. The SMILES string of the molecule is CCCOc1cccc(N2C(=O)C(c3ccc(C)c(C)c3)=C(N(C)c3ccccc3)C2=O)c1. The van der Waals surface area contributed by atoms with Gasteiger partial charge in [0.1, 0.15) is 11.4 Å². The summed E-state index contributed by atoms with van der Waals surface area (Å²) in [6.07, 6.45) is 0.871. The molecule has 33 heavy (non-hydrogen) atoms. The van der Waals surface area contributed by atoms with Crippen LogP contribution >= 0.6 is 0 Å². The number of aryl methyl sites for hydroxylation is 2. The number of rotatable bonds is 7. The Kier molecular flexibility index (Phi) is 6.31. The average Bonchev–Trinajstić information content (AvgIpc) is 3.09. The maximum absolute atomic E-state index is 13.8. The van der Waals surface area contributed by atoms with E-state index in [9.17, 15) is 9.59 Å². The molecule has 0 saturated carbocycles. The molecular weight excluding hydrogens is 412 g/mol. The number of ether oxygens (including phenoxy) is 1. The predicted molar refractivity (Wildman–Crippen MR) is 132 cm³/mol. The van der Waals surface area contributed by atoms with Gasteiger partial charge in [-0.05, 0) is 61.2 Å². The van der Waals surface area contributed by atoms with Gasteiger partial charge in [0.2, 0.25) is 0 Å². The smallest absolute Gasteiger partial charge is 0.282 e. The molecule has 0 unspecified atom stereocenters. The summed E-state index contributed by atoms with van der Waals surface area (Å²) < 4.78 is 5.74. The number of likely N-dealkylation sites (N-methyl/N-ethyl adjacent to an activating group) is 1. The van der Waals surface area contributed by atoms with Gasteiger partial charge >= 0.3 is 0 Å². The van der Waals surface area contributed by atoms with Gasteiger partial charge in [-0.3, -0.25) is 9.59 Å². The first-order valence-electron chi connectivity index (χ1n) is 11.1. The van der Waals surface area contributed by atoms with Crippen molar-refractivity contribution in [1.82, 2.24) is 0 Å². The summed E-state index contributed by atoms with van der Waals surface area (Å²) in [4.78, 5) is 30.6. The Morgan fingerprint density at radius 3 is 2.30 bits per heavy atom. The van der Waals surface area contributed by atoms with Crippen LogP contribution < -0.4 is 14.5 Å². The van der Waals surface area contributed by atoms with Crippen LogP contribution in [0, 0.1) is 13.8 Å². The van der Waals surface area contributed by atoms with Crippen LogP contribution in [0.25, 0.3) is 5.57 Å². The Bertz CT molecular complexity index is 1230. The Morgan fingerprint density at radius 1 is 0.848 bits per heavy atom. The molecule has 3 aromatic carbocycles. The zero-order valence-corrected chi connectivity index (χ0v) is 19.5. The molecule has 2 amide bonds. The van der Waals surface area contributed by atoms with Crippen LogP contribution in [0.2, 0.25) is 0 Å². The van der Waals surface area contributed by atoms with Crippen LogP contribution in [0.5, 0.6) is 5.75 Å². The van der Waals surface area contributed by atoms with Crippen LogP contribution in [-0.4, -0.2) is 25.5 Å². The number of carbonyl (C=O) groups is 2. The minimum atomic E-state index is -0.354. The van der Waals surface area contributed by atoms with Crippen molar-refractivity contribution in [3.05, 3.63) is 95.2 Å². The van der Waals surface area contributed by atoms with Crippen LogP contribution in [0.1, 0.15) is 30.0 Å². The van der Waals surface area contributed by atoms with E-state index in [1.807, 2.05) is 82.4 Å². The Hall–Kier alpha value is -3.86. The monoisotopic (exact) mass is 440 g/mol. The number of hydrogen-bond acceptors (Lipinski definition) is 4. The molecule has 1 aliphatic heterocycles. The van der Waals surface area contributed by atoms with Crippen molar-refractivity contribution in [2.45, 2.75) is 27.2 Å². The van der Waals surface area contributed by atoms with Crippen molar-refractivity contribution in [1.29, 1.82) is 0 Å². The Labute approximate surface area is 194 Å². The largest absolute Gasteiger partial charge is 0.494 e. The van der Waals surface area contributed by atoms with E-state index in [2.05, 4.69) is 0 Å². The molecule has 5 heteroatoms. The van der Waals surface area contributed by atoms with Gasteiger partial charge in [0, 0.05) is 18.8 Å². The molecule has 0 spiro atoms. The number of anilines is 2. The van der Waals surface area contributed by atoms with Crippen molar-refractivity contribution in [3.8, 4) is 5.75 Å². The minimum Gasteiger partial charge on any atom is -0.494 e. The first-order chi connectivity index (χ1) is 15.9. The molecule has 0 fully saturated rings. The van der Waals surface area contributed by atoms with Crippen molar-refractivity contribution >= 4 is 28.8 Å². The van der Waals surface area contributed by atoms with Crippen LogP contribution in [0.4, 0.5) is 11.4 Å². The quantitative estimate of drug-likeness (QED) is 0.455. The van der Waals surface area contributed by atoms with Crippen molar-refractivity contribution in [2.24, 2.45) is 0 Å². The first-order valence-corrected chi connectivity index (χ1v) is 11.1. The third-order valence-electron chi connectivity index (χ3n) is 5.88. The molecule has 1 heterocycles. The highest BCUT2D eigenvalue weighted by atomic mass is 16.5. The zero-order valence-electron chi connectivity index (χ0n) is 19.5. The van der Waals surface area contributed by atoms with E-state index in [4.69, 9.17) is 4.74 Å². The molecular formula is C28H28N2O3. The molecule has 1 aliphatic rings. The highest BCUT2D eigenvalue weighted by Gasteiger charge is 2.42. The summed E-state index contributed by atoms with van der Waals surface area (Å²) in [5, 5.41) is 0. The van der Waals surface area contributed by atoms with Gasteiger partial charge in [0.15, 0.2) is 0 Å². The minimum absolute atomic E-state index is 0.339. The fraction of sp³-hybridized carbons (Fsp3) is 0.214. The second kappa shape index (κ2) is 9.33. The second-order valence-corrected chi connectivity index (χ2v) is 8.21. The van der Waals surface area contributed by atoms with Gasteiger partial charge in [-0.2, -0.15) is 0 Å². The maximum atomic E-state index is 13.8. The fourth-order valence-electron chi connectivity index (χ4n) is 3.93. The molecule has 0 aliphatic carbocycles. The third-order valence-corrected chi connectivity index (χ3v) is 5.88. The molecule has 4 rings (SSSR count). The summed E-state index contributed by atoms with van der Waals surface area (Å²) in [7, 11) is 1.82. The van der Waals surface area contributed by atoms with Crippen LogP contribution in [0.15, 0.2) is 78.5 Å². The lowest BCUT2D eigenvalue weighted by atomic mass is 9.99. The lowest BCUT2D eigenvalue weighted by Gasteiger charge is -2.22. The van der Waals surface area contributed by atoms with Crippen molar-refractivity contribution in [2.75, 3.05) is 23.5 Å². The molecule has 5 nitrogen and oxygen atoms in total. The third kappa shape index (κ3) is 4.27. The topological polar surface area (TPSA) is 49.9 Å². The number of imide groups is 1.